The number of aryl methyl sites for hydroxylation is 2. The maximum absolute atomic E-state index is 13.4. The third-order valence-electron chi connectivity index (χ3n) is 2.96. The summed E-state index contributed by atoms with van der Waals surface area (Å²) in [5.41, 5.74) is 3.72. The van der Waals surface area contributed by atoms with Crippen LogP contribution in [0.5, 0.6) is 0 Å². The van der Waals surface area contributed by atoms with Crippen molar-refractivity contribution in [3.63, 3.8) is 0 Å². The minimum absolute atomic E-state index is 0.187. The smallest absolute Gasteiger partial charge is 0.128 e. The lowest BCUT2D eigenvalue weighted by molar-refractivity contribution is 0.619. The van der Waals surface area contributed by atoms with Gasteiger partial charge in [0.2, 0.25) is 0 Å². The molecule has 0 fully saturated rings. The van der Waals surface area contributed by atoms with Gasteiger partial charge >= 0.3 is 0 Å². The summed E-state index contributed by atoms with van der Waals surface area (Å²) in [5, 5.41) is 3.94. The van der Waals surface area contributed by atoms with E-state index >= 15 is 0 Å². The highest BCUT2D eigenvalue weighted by Crippen LogP contribution is 2.18. The lowest BCUT2D eigenvalue weighted by atomic mass is 10.1. The van der Waals surface area contributed by atoms with Crippen molar-refractivity contribution in [3.05, 3.63) is 63.9 Å². The number of rotatable bonds is 3. The average Bonchev–Trinajstić information content (AvgIpc) is 2.32. The molecule has 0 spiro atoms. The normalized spacial score (nSPS) is 10.4. The van der Waals surface area contributed by atoms with Crippen LogP contribution >= 0.6 is 11.6 Å². The van der Waals surface area contributed by atoms with Crippen molar-refractivity contribution >= 4 is 17.3 Å². The van der Waals surface area contributed by atoms with Crippen LogP contribution in [-0.4, -0.2) is 0 Å². The Bertz CT molecular complexity index is 566. The zero-order chi connectivity index (χ0) is 13.1. The molecule has 0 heterocycles. The van der Waals surface area contributed by atoms with Crippen LogP contribution < -0.4 is 5.32 Å². The number of benzene rings is 2. The van der Waals surface area contributed by atoms with Gasteiger partial charge in [-0.25, -0.2) is 4.39 Å². The Hall–Kier alpha value is -1.54. The minimum atomic E-state index is -0.187. The first-order valence-electron chi connectivity index (χ1n) is 5.81. The van der Waals surface area contributed by atoms with Gasteiger partial charge in [-0.1, -0.05) is 23.7 Å². The lowest BCUT2D eigenvalue weighted by Gasteiger charge is -2.10. The van der Waals surface area contributed by atoms with Gasteiger partial charge in [-0.15, -0.1) is 0 Å². The van der Waals surface area contributed by atoms with Gasteiger partial charge in [0, 0.05) is 17.3 Å². The summed E-state index contributed by atoms with van der Waals surface area (Å²) in [4.78, 5) is 0. The Morgan fingerprint density at radius 2 is 1.83 bits per heavy atom. The predicted molar refractivity (Wildman–Crippen MR) is 74.7 cm³/mol. The van der Waals surface area contributed by atoms with E-state index in [1.54, 1.807) is 13.0 Å². The highest BCUT2D eigenvalue weighted by molar-refractivity contribution is 6.30. The highest BCUT2D eigenvalue weighted by atomic mass is 35.5. The van der Waals surface area contributed by atoms with Gasteiger partial charge in [0.1, 0.15) is 5.82 Å². The van der Waals surface area contributed by atoms with Gasteiger partial charge in [-0.2, -0.15) is 0 Å². The molecule has 0 radical (unpaired) electrons. The fraction of sp³-hybridized carbons (Fsp3) is 0.200. The number of anilines is 1. The van der Waals surface area contributed by atoms with Crippen LogP contribution in [0.2, 0.25) is 5.02 Å². The summed E-state index contributed by atoms with van der Waals surface area (Å²) in [6.07, 6.45) is 0. The topological polar surface area (TPSA) is 12.0 Å². The zero-order valence-electron chi connectivity index (χ0n) is 10.4. The van der Waals surface area contributed by atoms with Crippen LogP contribution in [0.4, 0.5) is 10.1 Å². The summed E-state index contributed by atoms with van der Waals surface area (Å²) in [7, 11) is 0. The number of hydrogen-bond acceptors (Lipinski definition) is 1. The van der Waals surface area contributed by atoms with Crippen molar-refractivity contribution in [2.45, 2.75) is 20.4 Å². The molecule has 0 aliphatic heterocycles. The van der Waals surface area contributed by atoms with Crippen LogP contribution in [-0.2, 0) is 6.54 Å². The fourth-order valence-electron chi connectivity index (χ4n) is 1.76. The largest absolute Gasteiger partial charge is 0.381 e. The Kier molecular flexibility index (Phi) is 3.87. The van der Waals surface area contributed by atoms with Crippen LogP contribution in [0.15, 0.2) is 36.4 Å². The Balaban J connectivity index is 2.09. The van der Waals surface area contributed by atoms with Gasteiger partial charge in [0.15, 0.2) is 0 Å². The molecule has 3 heteroatoms. The molecule has 18 heavy (non-hydrogen) atoms. The summed E-state index contributed by atoms with van der Waals surface area (Å²) in [6.45, 7) is 4.42. The summed E-state index contributed by atoms with van der Waals surface area (Å²) >= 11 is 5.90. The third kappa shape index (κ3) is 3.02. The molecule has 0 amide bonds. The molecule has 0 bridgehead atoms. The SMILES string of the molecule is Cc1ccc(NCc2ccc(Cl)cc2C)cc1F. The van der Waals surface area contributed by atoms with E-state index < -0.39 is 0 Å². The van der Waals surface area contributed by atoms with Crippen molar-refractivity contribution in [3.8, 4) is 0 Å². The van der Waals surface area contributed by atoms with Gasteiger partial charge in [-0.05, 0) is 54.8 Å². The average molecular weight is 264 g/mol. The standard InChI is InChI=1S/C15H15ClFN/c1-10-3-6-14(8-15(10)17)18-9-12-4-5-13(16)7-11(12)2/h3-8,18H,9H2,1-2H3. The van der Waals surface area contributed by atoms with Crippen molar-refractivity contribution in [2.24, 2.45) is 0 Å². The highest BCUT2D eigenvalue weighted by Gasteiger charge is 2.01. The molecule has 1 nitrogen and oxygen atoms in total. The molecule has 0 saturated carbocycles. The first-order chi connectivity index (χ1) is 8.56. The van der Waals surface area contributed by atoms with Crippen molar-refractivity contribution in [1.82, 2.24) is 0 Å². The monoisotopic (exact) mass is 263 g/mol. The van der Waals surface area contributed by atoms with E-state index in [-0.39, 0.29) is 5.82 Å². The molecule has 2 aromatic carbocycles. The molecule has 0 atom stereocenters. The number of halogens is 2. The molecule has 0 aliphatic carbocycles. The fourth-order valence-corrected chi connectivity index (χ4v) is 1.98. The minimum Gasteiger partial charge on any atom is -0.381 e. The summed E-state index contributed by atoms with van der Waals surface area (Å²) < 4.78 is 13.4. The zero-order valence-corrected chi connectivity index (χ0v) is 11.2. The second kappa shape index (κ2) is 5.40. The predicted octanol–water partition coefficient (Wildman–Crippen LogP) is 4.71. The van der Waals surface area contributed by atoms with Crippen molar-refractivity contribution in [1.29, 1.82) is 0 Å². The molecule has 0 saturated heterocycles. The van der Waals surface area contributed by atoms with E-state index in [1.165, 1.54) is 6.07 Å². The molecule has 2 aromatic rings. The summed E-state index contributed by atoms with van der Waals surface area (Å²) in [6, 6.07) is 10.9. The second-order valence-corrected chi connectivity index (χ2v) is 4.82. The van der Waals surface area contributed by atoms with Gasteiger partial charge in [0.25, 0.3) is 0 Å². The first-order valence-corrected chi connectivity index (χ1v) is 6.19. The molecule has 1 N–H and O–H groups in total. The maximum Gasteiger partial charge on any atom is 0.128 e. The Labute approximate surface area is 112 Å². The summed E-state index contributed by atoms with van der Waals surface area (Å²) in [5.74, 6) is -0.187. The quantitative estimate of drug-likeness (QED) is 0.846. The lowest BCUT2D eigenvalue weighted by Crippen LogP contribution is -2.01. The van der Waals surface area contributed by atoms with Crippen molar-refractivity contribution in [2.75, 3.05) is 5.32 Å². The van der Waals surface area contributed by atoms with Crippen LogP contribution in [0.25, 0.3) is 0 Å². The molecule has 2 rings (SSSR count). The first kappa shape index (κ1) is 12.9. The molecule has 94 valence electrons. The van der Waals surface area contributed by atoms with Crippen LogP contribution in [0, 0.1) is 19.7 Å². The van der Waals surface area contributed by atoms with Gasteiger partial charge < -0.3 is 5.32 Å². The van der Waals surface area contributed by atoms with E-state index in [2.05, 4.69) is 5.32 Å². The number of nitrogens with one attached hydrogen (secondary N) is 1. The van der Waals surface area contributed by atoms with E-state index in [9.17, 15) is 4.39 Å². The Morgan fingerprint density at radius 1 is 1.06 bits per heavy atom. The van der Waals surface area contributed by atoms with Gasteiger partial charge in [0.05, 0.1) is 0 Å². The van der Waals surface area contributed by atoms with Crippen LogP contribution in [0.1, 0.15) is 16.7 Å². The van der Waals surface area contributed by atoms with E-state index in [0.29, 0.717) is 12.1 Å². The van der Waals surface area contributed by atoms with Crippen molar-refractivity contribution < 1.29 is 4.39 Å². The van der Waals surface area contributed by atoms with E-state index in [0.717, 1.165) is 21.8 Å². The molecule has 0 aliphatic rings. The maximum atomic E-state index is 13.4. The number of hydrogen-bond donors (Lipinski definition) is 1. The molecular weight excluding hydrogens is 249 g/mol. The molecule has 0 unspecified atom stereocenters. The van der Waals surface area contributed by atoms with E-state index in [4.69, 9.17) is 11.6 Å². The molecular formula is C15H15ClFN. The van der Waals surface area contributed by atoms with E-state index in [1.807, 2.05) is 31.2 Å². The van der Waals surface area contributed by atoms with Crippen LogP contribution in [0.3, 0.4) is 0 Å². The second-order valence-electron chi connectivity index (χ2n) is 4.39. The third-order valence-corrected chi connectivity index (χ3v) is 3.19. The van der Waals surface area contributed by atoms with Gasteiger partial charge in [-0.3, -0.25) is 0 Å². The molecule has 0 aromatic heterocycles. The Morgan fingerprint density at radius 3 is 2.50 bits per heavy atom.